The summed E-state index contributed by atoms with van der Waals surface area (Å²) in [5.41, 5.74) is 0. The molecule has 4 heteroatoms. The molecule has 1 saturated heterocycles. The Morgan fingerprint density at radius 2 is 1.94 bits per heavy atom. The van der Waals surface area contributed by atoms with Crippen LogP contribution in [0, 0.1) is 0 Å². The highest BCUT2D eigenvalue weighted by Gasteiger charge is 2.31. The van der Waals surface area contributed by atoms with E-state index in [0.717, 1.165) is 44.4 Å². The molecule has 16 heavy (non-hydrogen) atoms. The zero-order valence-corrected chi connectivity index (χ0v) is 9.26. The van der Waals surface area contributed by atoms with Crippen LogP contribution < -0.4 is 4.90 Å². The van der Waals surface area contributed by atoms with E-state index in [0.29, 0.717) is 5.76 Å². The Morgan fingerprint density at radius 1 is 1.19 bits per heavy atom. The van der Waals surface area contributed by atoms with Gasteiger partial charge in [-0.2, -0.15) is 0 Å². The zero-order valence-electron chi connectivity index (χ0n) is 9.26. The van der Waals surface area contributed by atoms with Crippen molar-refractivity contribution in [3.05, 3.63) is 17.9 Å². The van der Waals surface area contributed by atoms with E-state index in [4.69, 9.17) is 4.42 Å². The number of rotatable bonds is 3. The summed E-state index contributed by atoms with van der Waals surface area (Å²) in [5.74, 6) is 1.25. The number of piperazine rings is 1. The van der Waals surface area contributed by atoms with E-state index >= 15 is 0 Å². The van der Waals surface area contributed by atoms with Crippen LogP contribution in [0.4, 0.5) is 5.88 Å². The highest BCUT2D eigenvalue weighted by atomic mass is 16.4. The molecule has 2 fully saturated rings. The molecule has 0 radical (unpaired) electrons. The lowest BCUT2D eigenvalue weighted by Gasteiger charge is -2.34. The standard InChI is InChI=1S/C12H16N2O2/c15-9-11-3-4-12(16-11)14-7-5-13(6-8-14)10-1-2-10/h3-4,9-10H,1-2,5-8H2. The minimum absolute atomic E-state index is 0.416. The topological polar surface area (TPSA) is 36.7 Å². The maximum absolute atomic E-state index is 10.5. The van der Waals surface area contributed by atoms with Gasteiger partial charge in [0.2, 0.25) is 0 Å². The number of carbonyl (C=O) groups is 1. The summed E-state index contributed by atoms with van der Waals surface area (Å²) >= 11 is 0. The molecule has 1 aromatic rings. The van der Waals surface area contributed by atoms with Crippen molar-refractivity contribution in [1.29, 1.82) is 0 Å². The van der Waals surface area contributed by atoms with Gasteiger partial charge in [-0.1, -0.05) is 0 Å². The lowest BCUT2D eigenvalue weighted by molar-refractivity contribution is 0.110. The second-order valence-corrected chi connectivity index (χ2v) is 4.55. The maximum Gasteiger partial charge on any atom is 0.196 e. The Morgan fingerprint density at radius 3 is 2.50 bits per heavy atom. The first-order valence-electron chi connectivity index (χ1n) is 5.91. The fraction of sp³-hybridized carbons (Fsp3) is 0.583. The van der Waals surface area contributed by atoms with Crippen molar-refractivity contribution in [2.75, 3.05) is 31.1 Å². The molecule has 1 aliphatic carbocycles. The average Bonchev–Trinajstić information content (AvgIpc) is 3.07. The van der Waals surface area contributed by atoms with E-state index in [-0.39, 0.29) is 0 Å². The molecule has 0 bridgehead atoms. The summed E-state index contributed by atoms with van der Waals surface area (Å²) in [6, 6.07) is 4.47. The van der Waals surface area contributed by atoms with E-state index < -0.39 is 0 Å². The van der Waals surface area contributed by atoms with Gasteiger partial charge in [0.05, 0.1) is 0 Å². The SMILES string of the molecule is O=Cc1ccc(N2CCN(C3CC3)CC2)o1. The van der Waals surface area contributed by atoms with Gasteiger partial charge >= 0.3 is 0 Å². The molecule has 0 spiro atoms. The summed E-state index contributed by atoms with van der Waals surface area (Å²) < 4.78 is 5.42. The Hall–Kier alpha value is -1.29. The minimum Gasteiger partial charge on any atom is -0.438 e. The van der Waals surface area contributed by atoms with E-state index in [1.54, 1.807) is 6.07 Å². The lowest BCUT2D eigenvalue weighted by atomic mass is 10.3. The maximum atomic E-state index is 10.5. The van der Waals surface area contributed by atoms with Crippen LogP contribution in [0.15, 0.2) is 16.5 Å². The van der Waals surface area contributed by atoms with Crippen molar-refractivity contribution in [1.82, 2.24) is 4.90 Å². The normalized spacial score (nSPS) is 22.4. The number of nitrogens with zero attached hydrogens (tertiary/aromatic N) is 2. The van der Waals surface area contributed by atoms with Gasteiger partial charge in [-0.3, -0.25) is 9.69 Å². The summed E-state index contributed by atoms with van der Waals surface area (Å²) in [7, 11) is 0. The number of aldehydes is 1. The molecule has 0 amide bonds. The Balaban J connectivity index is 1.61. The van der Waals surface area contributed by atoms with E-state index in [2.05, 4.69) is 9.80 Å². The molecule has 2 aliphatic rings. The predicted octanol–water partition coefficient (Wildman–Crippen LogP) is 1.38. The molecule has 3 rings (SSSR count). The van der Waals surface area contributed by atoms with Crippen molar-refractivity contribution >= 4 is 12.2 Å². The molecular weight excluding hydrogens is 204 g/mol. The molecular formula is C12H16N2O2. The number of anilines is 1. The van der Waals surface area contributed by atoms with Crippen LogP contribution in [-0.2, 0) is 0 Å². The first-order chi connectivity index (χ1) is 7.86. The second-order valence-electron chi connectivity index (χ2n) is 4.55. The van der Waals surface area contributed by atoms with Crippen LogP contribution in [0.1, 0.15) is 23.4 Å². The van der Waals surface area contributed by atoms with E-state index in [1.165, 1.54) is 12.8 Å². The van der Waals surface area contributed by atoms with Crippen molar-refractivity contribution in [3.63, 3.8) is 0 Å². The molecule has 0 N–H and O–H groups in total. The summed E-state index contributed by atoms with van der Waals surface area (Å²) in [5, 5.41) is 0. The van der Waals surface area contributed by atoms with Crippen molar-refractivity contribution in [3.8, 4) is 0 Å². The van der Waals surface area contributed by atoms with Crippen molar-refractivity contribution in [2.45, 2.75) is 18.9 Å². The summed E-state index contributed by atoms with van der Waals surface area (Å²) in [6.45, 7) is 4.23. The van der Waals surface area contributed by atoms with Gasteiger partial charge in [0.15, 0.2) is 17.9 Å². The van der Waals surface area contributed by atoms with Gasteiger partial charge in [0.1, 0.15) is 0 Å². The van der Waals surface area contributed by atoms with Crippen LogP contribution in [0.25, 0.3) is 0 Å². The molecule has 4 nitrogen and oxygen atoms in total. The molecule has 1 aromatic heterocycles. The number of furan rings is 1. The van der Waals surface area contributed by atoms with Crippen molar-refractivity contribution in [2.24, 2.45) is 0 Å². The molecule has 2 heterocycles. The summed E-state index contributed by atoms with van der Waals surface area (Å²) in [4.78, 5) is 15.3. The third kappa shape index (κ3) is 1.85. The Labute approximate surface area is 94.8 Å². The van der Waals surface area contributed by atoms with Crippen LogP contribution in [0.3, 0.4) is 0 Å². The fourth-order valence-corrected chi connectivity index (χ4v) is 2.32. The molecule has 86 valence electrons. The first-order valence-corrected chi connectivity index (χ1v) is 5.91. The quantitative estimate of drug-likeness (QED) is 0.721. The van der Waals surface area contributed by atoms with Crippen LogP contribution in [0.5, 0.6) is 0 Å². The third-order valence-corrected chi connectivity index (χ3v) is 3.42. The van der Waals surface area contributed by atoms with Gasteiger partial charge < -0.3 is 9.32 Å². The van der Waals surface area contributed by atoms with Gasteiger partial charge in [0, 0.05) is 38.3 Å². The summed E-state index contributed by atoms with van der Waals surface area (Å²) in [6.07, 6.45) is 3.50. The highest BCUT2D eigenvalue weighted by molar-refractivity contribution is 5.71. The third-order valence-electron chi connectivity index (χ3n) is 3.42. The average molecular weight is 220 g/mol. The monoisotopic (exact) mass is 220 g/mol. The van der Waals surface area contributed by atoms with Gasteiger partial charge in [-0.15, -0.1) is 0 Å². The fourth-order valence-electron chi connectivity index (χ4n) is 2.32. The molecule has 0 aromatic carbocycles. The first kappa shape index (κ1) is 9.90. The number of hydrogen-bond donors (Lipinski definition) is 0. The smallest absolute Gasteiger partial charge is 0.196 e. The predicted molar refractivity (Wildman–Crippen MR) is 60.9 cm³/mol. The molecule has 0 atom stereocenters. The molecule has 1 aliphatic heterocycles. The second kappa shape index (κ2) is 3.94. The van der Waals surface area contributed by atoms with E-state index in [1.807, 2.05) is 6.07 Å². The highest BCUT2D eigenvalue weighted by Crippen LogP contribution is 2.28. The largest absolute Gasteiger partial charge is 0.438 e. The molecule has 1 saturated carbocycles. The van der Waals surface area contributed by atoms with Gasteiger partial charge in [-0.25, -0.2) is 0 Å². The lowest BCUT2D eigenvalue weighted by Crippen LogP contribution is -2.47. The van der Waals surface area contributed by atoms with Crippen LogP contribution in [0.2, 0.25) is 0 Å². The zero-order chi connectivity index (χ0) is 11.0. The van der Waals surface area contributed by atoms with E-state index in [9.17, 15) is 4.79 Å². The Kier molecular flexibility index (Phi) is 2.44. The van der Waals surface area contributed by atoms with Crippen molar-refractivity contribution < 1.29 is 9.21 Å². The van der Waals surface area contributed by atoms with Crippen LogP contribution in [-0.4, -0.2) is 43.4 Å². The van der Waals surface area contributed by atoms with Gasteiger partial charge in [0.25, 0.3) is 0 Å². The Bertz CT molecular complexity index is 376. The van der Waals surface area contributed by atoms with Crippen LogP contribution >= 0.6 is 0 Å². The number of carbonyl (C=O) groups excluding carboxylic acids is 1. The minimum atomic E-state index is 0.416. The number of hydrogen-bond acceptors (Lipinski definition) is 4. The van der Waals surface area contributed by atoms with Gasteiger partial charge in [-0.05, 0) is 18.9 Å². The molecule has 0 unspecified atom stereocenters.